The topological polar surface area (TPSA) is 86.1 Å². The van der Waals surface area contributed by atoms with Crippen LogP contribution in [-0.2, 0) is 21.2 Å². The molecule has 22 heavy (non-hydrogen) atoms. The minimum atomic E-state index is -3.77. The lowest BCUT2D eigenvalue weighted by atomic mass is 10.1. The summed E-state index contributed by atoms with van der Waals surface area (Å²) in [5.74, 6) is -0.340. The lowest BCUT2D eigenvalue weighted by Crippen LogP contribution is -2.29. The molecule has 8 heteroatoms. The zero-order valence-electron chi connectivity index (χ0n) is 11.9. The van der Waals surface area contributed by atoms with Crippen LogP contribution in [0.5, 0.6) is 0 Å². The number of halogens is 1. The van der Waals surface area contributed by atoms with Crippen LogP contribution >= 0.6 is 11.6 Å². The highest BCUT2D eigenvalue weighted by molar-refractivity contribution is 7.90. The Bertz CT molecular complexity index is 886. The third kappa shape index (κ3) is 3.61. The number of hydrogen-bond donors (Lipinski definition) is 0. The van der Waals surface area contributed by atoms with Crippen molar-refractivity contribution in [2.75, 3.05) is 6.26 Å². The summed E-state index contributed by atoms with van der Waals surface area (Å²) in [5, 5.41) is 0.0807. The van der Waals surface area contributed by atoms with Gasteiger partial charge in [0.15, 0.2) is 0 Å². The van der Waals surface area contributed by atoms with Gasteiger partial charge in [-0.1, -0.05) is 23.7 Å². The predicted molar refractivity (Wildman–Crippen MR) is 82.7 cm³/mol. The van der Waals surface area contributed by atoms with Crippen molar-refractivity contribution in [3.05, 3.63) is 45.7 Å². The molecule has 2 rings (SSSR count). The van der Waals surface area contributed by atoms with Gasteiger partial charge in [0.2, 0.25) is 15.0 Å². The Labute approximate surface area is 132 Å². The number of nitrogens with zero attached hydrogens (tertiary/aromatic N) is 2. The fourth-order valence-electron chi connectivity index (χ4n) is 1.90. The molecular formula is C14H13ClN2O4S. The SMILES string of the molecule is CC(=O)Cn1c(S(C)(=O)=O)nc(-c2ccc(Cl)cc2)cc1=O. The Morgan fingerprint density at radius 1 is 1.27 bits per heavy atom. The molecule has 0 aliphatic rings. The summed E-state index contributed by atoms with van der Waals surface area (Å²) in [4.78, 5) is 27.4. The molecule has 0 spiro atoms. The first-order valence-corrected chi connectivity index (χ1v) is 8.53. The van der Waals surface area contributed by atoms with E-state index in [1.54, 1.807) is 24.3 Å². The molecule has 1 aromatic carbocycles. The molecule has 0 amide bonds. The Balaban J connectivity index is 2.70. The number of carbonyl (C=O) groups is 1. The van der Waals surface area contributed by atoms with E-state index in [9.17, 15) is 18.0 Å². The average Bonchev–Trinajstić information content (AvgIpc) is 2.40. The average molecular weight is 341 g/mol. The van der Waals surface area contributed by atoms with Crippen molar-refractivity contribution in [1.29, 1.82) is 0 Å². The largest absolute Gasteiger partial charge is 0.298 e. The molecule has 0 fully saturated rings. The van der Waals surface area contributed by atoms with Gasteiger partial charge >= 0.3 is 0 Å². The summed E-state index contributed by atoms with van der Waals surface area (Å²) in [6.07, 6.45) is 0.942. The van der Waals surface area contributed by atoms with E-state index >= 15 is 0 Å². The van der Waals surface area contributed by atoms with Gasteiger partial charge in [-0.25, -0.2) is 13.4 Å². The molecule has 6 nitrogen and oxygen atoms in total. The fourth-order valence-corrected chi connectivity index (χ4v) is 2.85. The number of Topliss-reactive ketones (excluding diaryl/α,β-unsaturated/α-hetero) is 1. The zero-order chi connectivity index (χ0) is 16.5. The van der Waals surface area contributed by atoms with Crippen molar-refractivity contribution in [2.24, 2.45) is 0 Å². The number of rotatable bonds is 4. The molecule has 0 aliphatic heterocycles. The van der Waals surface area contributed by atoms with E-state index in [4.69, 9.17) is 11.6 Å². The molecule has 0 radical (unpaired) electrons. The standard InChI is InChI=1S/C14H13ClN2O4S/c1-9(18)8-17-13(19)7-12(16-14(17)22(2,20)21)10-3-5-11(15)6-4-10/h3-7H,8H2,1-2H3. The molecule has 0 saturated carbocycles. The maximum absolute atomic E-state index is 12.2. The van der Waals surface area contributed by atoms with Gasteiger partial charge < -0.3 is 0 Å². The normalized spacial score (nSPS) is 11.4. The van der Waals surface area contributed by atoms with Gasteiger partial charge in [0, 0.05) is 22.9 Å². The highest BCUT2D eigenvalue weighted by Gasteiger charge is 2.19. The number of carbonyl (C=O) groups excluding carboxylic acids is 1. The minimum absolute atomic E-state index is 0.210. The molecule has 0 unspecified atom stereocenters. The summed E-state index contributed by atoms with van der Waals surface area (Å²) < 4.78 is 24.6. The molecule has 0 N–H and O–H groups in total. The van der Waals surface area contributed by atoms with Crippen LogP contribution in [0.1, 0.15) is 6.92 Å². The Hall–Kier alpha value is -1.99. The van der Waals surface area contributed by atoms with Crippen LogP contribution in [0.25, 0.3) is 11.3 Å². The van der Waals surface area contributed by atoms with Crippen LogP contribution in [0.4, 0.5) is 0 Å². The van der Waals surface area contributed by atoms with Crippen molar-refractivity contribution < 1.29 is 13.2 Å². The van der Waals surface area contributed by atoms with Gasteiger partial charge in [-0.3, -0.25) is 14.2 Å². The number of hydrogen-bond acceptors (Lipinski definition) is 5. The Morgan fingerprint density at radius 3 is 2.36 bits per heavy atom. The van der Waals surface area contributed by atoms with Gasteiger partial charge in [-0.15, -0.1) is 0 Å². The smallest absolute Gasteiger partial charge is 0.255 e. The maximum atomic E-state index is 12.2. The fraction of sp³-hybridized carbons (Fsp3) is 0.214. The van der Waals surface area contributed by atoms with Crippen molar-refractivity contribution in [3.8, 4) is 11.3 Å². The van der Waals surface area contributed by atoms with Crippen molar-refractivity contribution in [1.82, 2.24) is 9.55 Å². The number of ketones is 1. The van der Waals surface area contributed by atoms with Gasteiger partial charge in [-0.05, 0) is 19.1 Å². The van der Waals surface area contributed by atoms with Crippen LogP contribution < -0.4 is 5.56 Å². The second kappa shape index (κ2) is 6.02. The van der Waals surface area contributed by atoms with Crippen LogP contribution in [0, 0.1) is 0 Å². The Morgan fingerprint density at radius 2 is 1.86 bits per heavy atom. The van der Waals surface area contributed by atoms with Crippen LogP contribution in [0.3, 0.4) is 0 Å². The molecule has 116 valence electrons. The van der Waals surface area contributed by atoms with Crippen molar-refractivity contribution in [3.63, 3.8) is 0 Å². The minimum Gasteiger partial charge on any atom is -0.298 e. The number of aromatic nitrogens is 2. The van der Waals surface area contributed by atoms with E-state index in [-0.39, 0.29) is 18.0 Å². The van der Waals surface area contributed by atoms with E-state index in [1.807, 2.05) is 0 Å². The summed E-state index contributed by atoms with van der Waals surface area (Å²) in [7, 11) is -3.77. The molecule has 1 aromatic heterocycles. The molecule has 0 bridgehead atoms. The second-order valence-electron chi connectivity index (χ2n) is 4.83. The predicted octanol–water partition coefficient (Wildman–Crippen LogP) is 1.56. The third-order valence-corrected chi connectivity index (χ3v) is 4.05. The zero-order valence-corrected chi connectivity index (χ0v) is 13.5. The molecule has 0 atom stereocenters. The highest BCUT2D eigenvalue weighted by Crippen LogP contribution is 2.19. The van der Waals surface area contributed by atoms with Gasteiger partial charge in [-0.2, -0.15) is 0 Å². The monoisotopic (exact) mass is 340 g/mol. The van der Waals surface area contributed by atoms with E-state index in [1.165, 1.54) is 13.0 Å². The second-order valence-corrected chi connectivity index (χ2v) is 7.18. The lowest BCUT2D eigenvalue weighted by molar-refractivity contribution is -0.117. The Kier molecular flexibility index (Phi) is 4.48. The van der Waals surface area contributed by atoms with Crippen LogP contribution in [0.2, 0.25) is 5.02 Å². The van der Waals surface area contributed by atoms with E-state index in [0.29, 0.717) is 10.6 Å². The summed E-state index contributed by atoms with van der Waals surface area (Å²) in [6.45, 7) is 0.931. The van der Waals surface area contributed by atoms with E-state index in [2.05, 4.69) is 4.98 Å². The first-order chi connectivity index (χ1) is 10.2. The van der Waals surface area contributed by atoms with E-state index < -0.39 is 20.6 Å². The molecule has 0 aliphatic carbocycles. The molecule has 0 saturated heterocycles. The molecule has 2 aromatic rings. The van der Waals surface area contributed by atoms with Gasteiger partial charge in [0.05, 0.1) is 12.2 Å². The van der Waals surface area contributed by atoms with E-state index in [0.717, 1.165) is 10.8 Å². The van der Waals surface area contributed by atoms with Crippen molar-refractivity contribution in [2.45, 2.75) is 18.6 Å². The lowest BCUT2D eigenvalue weighted by Gasteiger charge is -2.11. The third-order valence-electron chi connectivity index (χ3n) is 2.83. The maximum Gasteiger partial charge on any atom is 0.255 e. The number of benzene rings is 1. The van der Waals surface area contributed by atoms with Gasteiger partial charge in [0.1, 0.15) is 5.78 Å². The van der Waals surface area contributed by atoms with Crippen LogP contribution in [-0.4, -0.2) is 30.0 Å². The first-order valence-electron chi connectivity index (χ1n) is 6.26. The summed E-state index contributed by atoms with van der Waals surface area (Å²) in [6, 6.07) is 7.68. The van der Waals surface area contributed by atoms with Crippen molar-refractivity contribution >= 4 is 27.2 Å². The summed E-state index contributed by atoms with van der Waals surface area (Å²) >= 11 is 5.80. The first kappa shape index (κ1) is 16.4. The molecule has 1 heterocycles. The molecular weight excluding hydrogens is 328 g/mol. The van der Waals surface area contributed by atoms with Crippen LogP contribution in [0.15, 0.2) is 40.3 Å². The summed E-state index contributed by atoms with van der Waals surface area (Å²) in [5.41, 5.74) is 0.166. The highest BCUT2D eigenvalue weighted by atomic mass is 35.5. The number of sulfone groups is 1. The van der Waals surface area contributed by atoms with Gasteiger partial charge in [0.25, 0.3) is 5.56 Å². The quantitative estimate of drug-likeness (QED) is 0.788.